The van der Waals surface area contributed by atoms with Gasteiger partial charge in [0.2, 0.25) is 0 Å². The molecule has 0 radical (unpaired) electrons. The molecule has 88 valence electrons. The second-order valence-electron chi connectivity index (χ2n) is 4.32. The van der Waals surface area contributed by atoms with Gasteiger partial charge >= 0.3 is 0 Å². The maximum atomic E-state index is 13.8. The van der Waals surface area contributed by atoms with Crippen LogP contribution in [0.15, 0.2) is 23.1 Å². The maximum absolute atomic E-state index is 13.8. The van der Waals surface area contributed by atoms with E-state index in [4.69, 9.17) is 0 Å². The molecule has 1 aliphatic rings. The zero-order valence-corrected chi connectivity index (χ0v) is 10.4. The van der Waals surface area contributed by atoms with Crippen LogP contribution < -0.4 is 5.32 Å². The van der Waals surface area contributed by atoms with Gasteiger partial charge in [-0.2, -0.15) is 0 Å². The maximum Gasteiger partial charge on any atom is 0.127 e. The molecule has 2 rings (SSSR count). The lowest BCUT2D eigenvalue weighted by Crippen LogP contribution is -2.28. The average Bonchev–Trinajstić information content (AvgIpc) is 2.33. The molecule has 1 aliphatic heterocycles. The van der Waals surface area contributed by atoms with Crippen molar-refractivity contribution in [2.75, 3.05) is 19.3 Å². The van der Waals surface area contributed by atoms with Gasteiger partial charge in [0, 0.05) is 10.5 Å². The highest BCUT2D eigenvalue weighted by Gasteiger charge is 2.17. The highest BCUT2D eigenvalue weighted by Crippen LogP contribution is 2.27. The summed E-state index contributed by atoms with van der Waals surface area (Å²) in [6, 6.07) is 5.40. The van der Waals surface area contributed by atoms with Crippen molar-refractivity contribution in [2.24, 2.45) is 5.92 Å². The summed E-state index contributed by atoms with van der Waals surface area (Å²) < 4.78 is 13.8. The van der Waals surface area contributed by atoms with E-state index in [2.05, 4.69) is 5.32 Å². The molecule has 1 N–H and O–H groups in total. The molecule has 0 aromatic heterocycles. The monoisotopic (exact) mass is 239 g/mol. The lowest BCUT2D eigenvalue weighted by atomic mass is 9.91. The number of piperidine rings is 1. The van der Waals surface area contributed by atoms with Crippen molar-refractivity contribution in [3.05, 3.63) is 29.6 Å². The van der Waals surface area contributed by atoms with Crippen molar-refractivity contribution in [1.82, 2.24) is 5.32 Å². The van der Waals surface area contributed by atoms with Crippen molar-refractivity contribution < 1.29 is 4.39 Å². The van der Waals surface area contributed by atoms with Crippen LogP contribution in [0.5, 0.6) is 0 Å². The predicted molar refractivity (Wildman–Crippen MR) is 67.5 cm³/mol. The third-order valence-electron chi connectivity index (χ3n) is 3.25. The van der Waals surface area contributed by atoms with E-state index in [9.17, 15) is 4.39 Å². The Morgan fingerprint density at radius 3 is 2.81 bits per heavy atom. The highest BCUT2D eigenvalue weighted by molar-refractivity contribution is 7.98. The third-order valence-corrected chi connectivity index (χ3v) is 4.07. The largest absolute Gasteiger partial charge is 0.317 e. The van der Waals surface area contributed by atoms with Crippen LogP contribution in [0.3, 0.4) is 0 Å². The molecule has 1 fully saturated rings. The lowest BCUT2D eigenvalue weighted by Gasteiger charge is -2.23. The fourth-order valence-electron chi connectivity index (χ4n) is 2.30. The Labute approximate surface area is 101 Å². The SMILES string of the molecule is CSc1cccc(F)c1CC1CCNCC1. The summed E-state index contributed by atoms with van der Waals surface area (Å²) in [5, 5.41) is 3.34. The Hall–Kier alpha value is -0.540. The normalized spacial score (nSPS) is 17.6. The van der Waals surface area contributed by atoms with Crippen LogP contribution in [0, 0.1) is 11.7 Å². The van der Waals surface area contributed by atoms with Crippen LogP contribution in [-0.4, -0.2) is 19.3 Å². The first kappa shape index (κ1) is 11.9. The lowest BCUT2D eigenvalue weighted by molar-refractivity contribution is 0.366. The van der Waals surface area contributed by atoms with E-state index in [1.165, 1.54) is 12.8 Å². The Kier molecular flexibility index (Phi) is 4.24. The Balaban J connectivity index is 2.12. The minimum atomic E-state index is -0.0367. The van der Waals surface area contributed by atoms with Gasteiger partial charge in [0.25, 0.3) is 0 Å². The summed E-state index contributed by atoms with van der Waals surface area (Å²) in [4.78, 5) is 1.10. The van der Waals surface area contributed by atoms with Crippen molar-refractivity contribution in [2.45, 2.75) is 24.2 Å². The van der Waals surface area contributed by atoms with E-state index in [-0.39, 0.29) is 5.82 Å². The molecule has 3 heteroatoms. The first-order valence-electron chi connectivity index (χ1n) is 5.83. The Bertz CT molecular complexity index is 348. The second-order valence-corrected chi connectivity index (χ2v) is 5.17. The Morgan fingerprint density at radius 1 is 1.38 bits per heavy atom. The molecule has 16 heavy (non-hydrogen) atoms. The quantitative estimate of drug-likeness (QED) is 0.814. The minimum Gasteiger partial charge on any atom is -0.317 e. The second kappa shape index (κ2) is 5.69. The number of benzene rings is 1. The molecule has 0 bridgehead atoms. The molecule has 0 aliphatic carbocycles. The van der Waals surface area contributed by atoms with Gasteiger partial charge in [0.1, 0.15) is 5.82 Å². The van der Waals surface area contributed by atoms with Crippen LogP contribution in [-0.2, 0) is 6.42 Å². The van der Waals surface area contributed by atoms with Crippen LogP contribution in [0.4, 0.5) is 4.39 Å². The van der Waals surface area contributed by atoms with E-state index in [1.54, 1.807) is 23.9 Å². The van der Waals surface area contributed by atoms with E-state index >= 15 is 0 Å². The number of rotatable bonds is 3. The molecule has 0 unspecified atom stereocenters. The molecule has 0 atom stereocenters. The number of thioether (sulfide) groups is 1. The summed E-state index contributed by atoms with van der Waals surface area (Å²) in [5.74, 6) is 0.606. The number of nitrogens with one attached hydrogen (secondary N) is 1. The number of hydrogen-bond donors (Lipinski definition) is 1. The molecular formula is C13H18FNS. The standard InChI is InChI=1S/C13H18FNS/c1-16-13-4-2-3-12(14)11(13)9-10-5-7-15-8-6-10/h2-4,10,15H,5-9H2,1H3. The average molecular weight is 239 g/mol. The van der Waals surface area contributed by atoms with Crippen molar-refractivity contribution in [1.29, 1.82) is 0 Å². The molecule has 1 nitrogen and oxygen atoms in total. The first-order chi connectivity index (χ1) is 7.81. The summed E-state index contributed by atoms with van der Waals surface area (Å²) in [6.45, 7) is 2.15. The van der Waals surface area contributed by atoms with Crippen LogP contribution in [0.25, 0.3) is 0 Å². The van der Waals surface area contributed by atoms with Gasteiger partial charge in [-0.1, -0.05) is 6.07 Å². The number of halogens is 1. The molecule has 1 saturated heterocycles. The van der Waals surface area contributed by atoms with Gasteiger partial charge in [0.05, 0.1) is 0 Å². The van der Waals surface area contributed by atoms with E-state index < -0.39 is 0 Å². The van der Waals surface area contributed by atoms with Gasteiger partial charge in [-0.3, -0.25) is 0 Å². The van der Waals surface area contributed by atoms with Crippen molar-refractivity contribution in [3.8, 4) is 0 Å². The summed E-state index contributed by atoms with van der Waals surface area (Å²) in [7, 11) is 0. The van der Waals surface area contributed by atoms with Crippen LogP contribution in [0.1, 0.15) is 18.4 Å². The van der Waals surface area contributed by atoms with Gasteiger partial charge in [-0.05, 0) is 56.7 Å². The molecule has 1 aromatic carbocycles. The molecule has 0 saturated carbocycles. The minimum absolute atomic E-state index is 0.0367. The zero-order valence-electron chi connectivity index (χ0n) is 9.63. The summed E-state index contributed by atoms with van der Waals surface area (Å²) >= 11 is 1.64. The fraction of sp³-hybridized carbons (Fsp3) is 0.538. The van der Waals surface area contributed by atoms with Gasteiger partial charge < -0.3 is 5.32 Å². The van der Waals surface area contributed by atoms with Gasteiger partial charge in [0.15, 0.2) is 0 Å². The van der Waals surface area contributed by atoms with Crippen LogP contribution in [0.2, 0.25) is 0 Å². The smallest absolute Gasteiger partial charge is 0.127 e. The molecule has 1 aromatic rings. The molecular weight excluding hydrogens is 221 g/mol. The molecule has 0 amide bonds. The van der Waals surface area contributed by atoms with Crippen molar-refractivity contribution >= 4 is 11.8 Å². The topological polar surface area (TPSA) is 12.0 Å². The summed E-state index contributed by atoms with van der Waals surface area (Å²) in [5.41, 5.74) is 0.918. The van der Waals surface area contributed by atoms with Gasteiger partial charge in [-0.25, -0.2) is 4.39 Å². The summed E-state index contributed by atoms with van der Waals surface area (Å²) in [6.07, 6.45) is 5.25. The number of hydrogen-bond acceptors (Lipinski definition) is 2. The predicted octanol–water partition coefficient (Wildman–Crippen LogP) is 3.09. The van der Waals surface area contributed by atoms with Crippen LogP contribution >= 0.6 is 11.8 Å². The van der Waals surface area contributed by atoms with E-state index in [0.717, 1.165) is 30.0 Å². The zero-order chi connectivity index (χ0) is 11.4. The first-order valence-corrected chi connectivity index (χ1v) is 7.06. The van der Waals surface area contributed by atoms with E-state index in [0.29, 0.717) is 5.92 Å². The van der Waals surface area contributed by atoms with Gasteiger partial charge in [-0.15, -0.1) is 11.8 Å². The highest BCUT2D eigenvalue weighted by atomic mass is 32.2. The third kappa shape index (κ3) is 2.77. The molecule has 0 spiro atoms. The Morgan fingerprint density at radius 2 is 2.12 bits per heavy atom. The van der Waals surface area contributed by atoms with E-state index in [1.807, 2.05) is 12.3 Å². The fourth-order valence-corrected chi connectivity index (χ4v) is 2.94. The molecule has 1 heterocycles. The van der Waals surface area contributed by atoms with Crippen molar-refractivity contribution in [3.63, 3.8) is 0 Å².